The largest absolute Gasteiger partial charge is 0.673 e. The molecule has 0 nitrogen and oxygen atoms in total. The molecule has 0 aliphatic heterocycles. The molecule has 0 amide bonds. The molecule has 188 valence electrons. The summed E-state index contributed by atoms with van der Waals surface area (Å²) in [4.78, 5) is 0. The van der Waals surface area contributed by atoms with Crippen LogP contribution in [0, 0.1) is 10.7 Å². The smallest absolute Gasteiger partial charge is 0.418 e. The molecule has 0 spiro atoms. The van der Waals surface area contributed by atoms with E-state index in [0.29, 0.717) is 0 Å². The van der Waals surface area contributed by atoms with Crippen LogP contribution in [-0.4, -0.2) is 14.5 Å². The van der Waals surface area contributed by atoms with Gasteiger partial charge < -0.3 is 34.5 Å². The Morgan fingerprint density at radius 3 is 1.12 bits per heavy atom. The maximum Gasteiger partial charge on any atom is 0.673 e. The highest BCUT2D eigenvalue weighted by Crippen LogP contribution is 2.20. The van der Waals surface area contributed by atoms with Crippen LogP contribution in [-0.2, 0) is 5.41 Å². The first-order valence-electron chi connectivity index (χ1n) is 9.72. The van der Waals surface area contributed by atoms with E-state index in [1.165, 1.54) is 16.3 Å². The molecule has 12 heteroatoms. The zero-order chi connectivity index (χ0) is 26.4. The van der Waals surface area contributed by atoms with Crippen LogP contribution in [0.3, 0.4) is 0 Å². The minimum Gasteiger partial charge on any atom is -0.418 e. The third kappa shape index (κ3) is 22.5. The van der Waals surface area contributed by atoms with Crippen LogP contribution in [0.5, 0.6) is 0 Å². The molecule has 0 bridgehead atoms. The zero-order valence-electron chi connectivity index (χ0n) is 18.5. The van der Waals surface area contributed by atoms with E-state index in [0.717, 1.165) is 0 Å². The van der Waals surface area contributed by atoms with E-state index in [-0.39, 0.29) is 26.6 Å². The summed E-state index contributed by atoms with van der Waals surface area (Å²) in [6.07, 6.45) is 0. The van der Waals surface area contributed by atoms with E-state index < -0.39 is 14.5 Å². The quantitative estimate of drug-likeness (QED) is 0.216. The van der Waals surface area contributed by atoms with Gasteiger partial charge in [0, 0.05) is 0 Å². The first kappa shape index (κ1) is 32.7. The molecule has 0 saturated heterocycles. The Bertz CT molecular complexity index is 851. The molecule has 0 saturated carbocycles. The van der Waals surface area contributed by atoms with Gasteiger partial charge in [-0.05, 0) is 47.4 Å². The zero-order valence-corrected chi connectivity index (χ0v) is 23.0. The van der Waals surface area contributed by atoms with Crippen molar-refractivity contribution in [3.8, 4) is 0 Å². The molecule has 34 heavy (non-hydrogen) atoms. The summed E-state index contributed by atoms with van der Waals surface area (Å²) < 4.78 is 82.3. The Hall–Kier alpha value is -1.31. The first-order chi connectivity index (χ1) is 15.4. The summed E-state index contributed by atoms with van der Waals surface area (Å²) >= 11 is 2.08. The molecule has 0 atom stereocenters. The summed E-state index contributed by atoms with van der Waals surface area (Å²) in [6.45, 7) is 6.70. The van der Waals surface area contributed by atoms with E-state index >= 15 is 0 Å². The van der Waals surface area contributed by atoms with Gasteiger partial charge in [-0.1, -0.05) is 69.3 Å². The summed E-state index contributed by atoms with van der Waals surface area (Å²) in [5, 5.41) is 0. The number of hydrogen-bond donors (Lipinski definition) is 0. The van der Waals surface area contributed by atoms with Gasteiger partial charge in [0.15, 0.2) is 10.7 Å². The molecule has 3 aromatic rings. The Morgan fingerprint density at radius 1 is 0.559 bits per heavy atom. The number of benzene rings is 3. The molecule has 0 aliphatic rings. The molecule has 0 unspecified atom stereocenters. The summed E-state index contributed by atoms with van der Waals surface area (Å²) in [5.41, 5.74) is 1.69. The lowest BCUT2D eigenvalue weighted by molar-refractivity contribution is -0.597. The van der Waals surface area contributed by atoms with Crippen molar-refractivity contribution in [1.29, 1.82) is 0 Å². The second kappa shape index (κ2) is 15.6. The van der Waals surface area contributed by atoms with Crippen molar-refractivity contribution in [3.05, 3.63) is 101 Å². The Balaban J connectivity index is 0.000000469. The standard InChI is InChI=1S/C12H10I.C10H14I.2BF4/c1-3-7-11(8-4-1)13-12-9-5-2-6-10-12;1-10(2,3)8-4-6-9(11)7-5-8;2*2-1(3,4)5/h1-10H;4-7,11H,1-3H3;;/q2*+1;2*-1. The van der Waals surface area contributed by atoms with Crippen molar-refractivity contribution in [2.24, 2.45) is 0 Å². The average molecular weight is 716 g/mol. The topological polar surface area (TPSA) is 0 Å². The third-order valence-corrected chi connectivity index (χ3v) is 6.87. The van der Waals surface area contributed by atoms with Crippen molar-refractivity contribution >= 4 is 14.5 Å². The van der Waals surface area contributed by atoms with Crippen molar-refractivity contribution in [2.75, 3.05) is 0 Å². The first-order valence-corrected chi connectivity index (χ1v) is 13.0. The van der Waals surface area contributed by atoms with Crippen LogP contribution in [0.2, 0.25) is 0 Å². The maximum atomic E-state index is 9.75. The van der Waals surface area contributed by atoms with Crippen LogP contribution in [0.15, 0.2) is 84.9 Å². The molecule has 3 rings (SSSR count). The molecule has 0 N–H and O–H groups in total. The lowest BCUT2D eigenvalue weighted by Gasteiger charge is -2.17. The van der Waals surface area contributed by atoms with E-state index in [1.54, 1.807) is 0 Å². The van der Waals surface area contributed by atoms with Crippen molar-refractivity contribution < 1.29 is 78.3 Å². The van der Waals surface area contributed by atoms with Gasteiger partial charge in [-0.3, -0.25) is 0 Å². The fourth-order valence-corrected chi connectivity index (χ4v) is 4.69. The molecule has 0 radical (unpaired) electrons. The van der Waals surface area contributed by atoms with Gasteiger partial charge in [0.1, 0.15) is 0 Å². The summed E-state index contributed by atoms with van der Waals surface area (Å²) in [5.74, 6) is 0. The third-order valence-electron chi connectivity index (χ3n) is 3.40. The van der Waals surface area contributed by atoms with Gasteiger partial charge in [0.25, 0.3) is 22.6 Å². The molecular weight excluding hydrogens is 692 g/mol. The van der Waals surface area contributed by atoms with Gasteiger partial charge in [-0.15, -0.1) is 0 Å². The monoisotopic (exact) mass is 716 g/mol. The lowest BCUT2D eigenvalue weighted by atomic mass is 9.87. The second-order valence-electron chi connectivity index (χ2n) is 7.45. The van der Waals surface area contributed by atoms with E-state index in [1.807, 2.05) is 22.6 Å². The van der Waals surface area contributed by atoms with E-state index in [9.17, 15) is 34.5 Å². The predicted octanol–water partition coefficient (Wildman–Crippen LogP) is 1.85. The fraction of sp³-hybridized carbons (Fsp3) is 0.182. The van der Waals surface area contributed by atoms with Gasteiger partial charge in [0.2, 0.25) is 0 Å². The van der Waals surface area contributed by atoms with Gasteiger partial charge in [0.05, 0.1) is 0 Å². The molecule has 3 aromatic carbocycles. The Labute approximate surface area is 219 Å². The highest BCUT2D eigenvalue weighted by Gasteiger charge is 2.21. The normalized spacial score (nSPS) is 11.1. The molecule has 0 aromatic heterocycles. The molecule has 0 aliphatic carbocycles. The summed E-state index contributed by atoms with van der Waals surface area (Å²) in [7, 11) is -12.0. The Kier molecular flexibility index (Phi) is 15.0. The highest BCUT2D eigenvalue weighted by atomic mass is 127. The molecule has 0 heterocycles. The van der Waals surface area contributed by atoms with Crippen LogP contribution in [0.25, 0.3) is 0 Å². The summed E-state index contributed by atoms with van der Waals surface area (Å²) in [6, 6.07) is 30.2. The fourth-order valence-electron chi connectivity index (χ4n) is 2.04. The minimum atomic E-state index is -6.00. The van der Waals surface area contributed by atoms with E-state index in [4.69, 9.17) is 0 Å². The van der Waals surface area contributed by atoms with Crippen molar-refractivity contribution in [1.82, 2.24) is 0 Å². The SMILES string of the molecule is CC(C)(C)c1ccc([IH+])cc1.F[B-](F)(F)F.F[B-](F)(F)F.c1ccc([I+]c2ccccc2)cc1. The van der Waals surface area contributed by atoms with Gasteiger partial charge >= 0.3 is 35.7 Å². The van der Waals surface area contributed by atoms with Crippen LogP contribution < -0.4 is 43.8 Å². The maximum absolute atomic E-state index is 9.75. The number of hydrogen-bond acceptors (Lipinski definition) is 0. The predicted molar refractivity (Wildman–Crippen MR) is 116 cm³/mol. The van der Waals surface area contributed by atoms with Crippen LogP contribution in [0.1, 0.15) is 26.3 Å². The number of halogens is 10. The molecule has 0 fully saturated rings. The van der Waals surface area contributed by atoms with Crippen molar-refractivity contribution in [2.45, 2.75) is 26.2 Å². The number of rotatable bonds is 2. The second-order valence-corrected chi connectivity index (χ2v) is 11.8. The van der Waals surface area contributed by atoms with Crippen LogP contribution in [0.4, 0.5) is 34.5 Å². The average Bonchev–Trinajstić information content (AvgIpc) is 2.67. The minimum absolute atomic E-state index is 0.0287. The molecular formula is C22H24B2F8I2. The van der Waals surface area contributed by atoms with E-state index in [2.05, 4.69) is 106 Å². The van der Waals surface area contributed by atoms with Gasteiger partial charge in [-0.25, -0.2) is 0 Å². The lowest BCUT2D eigenvalue weighted by Crippen LogP contribution is -3.61. The van der Waals surface area contributed by atoms with Gasteiger partial charge in [-0.2, -0.15) is 0 Å². The Morgan fingerprint density at radius 2 is 0.853 bits per heavy atom. The van der Waals surface area contributed by atoms with Crippen LogP contribution >= 0.6 is 0 Å². The van der Waals surface area contributed by atoms with Crippen molar-refractivity contribution in [3.63, 3.8) is 0 Å². The highest BCUT2D eigenvalue weighted by molar-refractivity contribution is 6.50.